The van der Waals surface area contributed by atoms with Gasteiger partial charge in [-0.15, -0.1) is 5.10 Å². The SMILES string of the molecule is CN=[S@]1(=O)CC[C@@](F)(c2c(F)cc(C3=NO[C@@H](Cn4ccnn4)C3)cc2F)CC1. The van der Waals surface area contributed by atoms with Crippen LogP contribution in [0.5, 0.6) is 0 Å². The first-order valence-electron chi connectivity index (χ1n) is 9.18. The van der Waals surface area contributed by atoms with E-state index in [1.165, 1.54) is 13.2 Å². The number of hydrogen-bond donors (Lipinski definition) is 0. The van der Waals surface area contributed by atoms with Gasteiger partial charge in [-0.05, 0) is 25.0 Å². The van der Waals surface area contributed by atoms with Crippen LogP contribution in [0.3, 0.4) is 0 Å². The van der Waals surface area contributed by atoms with Gasteiger partial charge in [0.15, 0.2) is 6.10 Å². The molecule has 0 saturated carbocycles. The highest BCUT2D eigenvalue weighted by molar-refractivity contribution is 7.93. The standard InChI is InChI=1S/C18H20F3N5O2S/c1-22-29(27)6-2-18(21,3-7-29)17-14(19)8-12(9-15(17)20)16-10-13(28-24-16)11-26-5-4-23-25-26/h4-5,8-9,13H,2-3,6-7,10-11H2,1H3/t13-,18-,29-/m1/s1. The zero-order valence-corrected chi connectivity index (χ0v) is 16.5. The molecule has 0 bridgehead atoms. The van der Waals surface area contributed by atoms with E-state index in [-0.39, 0.29) is 36.0 Å². The largest absolute Gasteiger partial charge is 0.390 e. The molecule has 1 aromatic carbocycles. The number of benzene rings is 1. The number of hydrogen-bond acceptors (Lipinski definition) is 6. The molecule has 4 rings (SSSR count). The highest BCUT2D eigenvalue weighted by atomic mass is 32.2. The Labute approximate surface area is 166 Å². The molecule has 1 atom stereocenters. The summed E-state index contributed by atoms with van der Waals surface area (Å²) in [6.07, 6.45) is 2.73. The Kier molecular flexibility index (Phi) is 5.09. The Hall–Kier alpha value is -2.43. The Morgan fingerprint density at radius 2 is 2.00 bits per heavy atom. The lowest BCUT2D eigenvalue weighted by atomic mass is 9.87. The highest BCUT2D eigenvalue weighted by Gasteiger charge is 2.42. The van der Waals surface area contributed by atoms with Crippen molar-refractivity contribution >= 4 is 15.4 Å². The first-order valence-corrected chi connectivity index (χ1v) is 11.0. The van der Waals surface area contributed by atoms with Gasteiger partial charge < -0.3 is 4.84 Å². The van der Waals surface area contributed by atoms with Crippen LogP contribution in [0.25, 0.3) is 0 Å². The van der Waals surface area contributed by atoms with Gasteiger partial charge >= 0.3 is 0 Å². The van der Waals surface area contributed by atoms with E-state index >= 15 is 4.39 Å². The Bertz CT molecular complexity index is 1030. The minimum Gasteiger partial charge on any atom is -0.390 e. The number of alkyl halides is 1. The molecule has 1 aromatic heterocycles. The van der Waals surface area contributed by atoms with Crippen molar-refractivity contribution in [3.8, 4) is 0 Å². The smallest absolute Gasteiger partial charge is 0.152 e. The van der Waals surface area contributed by atoms with E-state index in [0.717, 1.165) is 12.1 Å². The fourth-order valence-electron chi connectivity index (χ4n) is 3.71. The summed E-state index contributed by atoms with van der Waals surface area (Å²) in [4.78, 5) is 5.31. The van der Waals surface area contributed by atoms with Crippen LogP contribution in [0, 0.1) is 11.6 Å². The van der Waals surface area contributed by atoms with Gasteiger partial charge in [-0.2, -0.15) is 0 Å². The molecule has 1 saturated heterocycles. The van der Waals surface area contributed by atoms with Crippen LogP contribution >= 0.6 is 0 Å². The Balaban J connectivity index is 1.53. The molecule has 0 spiro atoms. The second-order valence-electron chi connectivity index (χ2n) is 7.24. The van der Waals surface area contributed by atoms with E-state index in [1.807, 2.05) is 0 Å². The van der Waals surface area contributed by atoms with E-state index in [0.29, 0.717) is 18.7 Å². The molecule has 3 heterocycles. The van der Waals surface area contributed by atoms with Gasteiger partial charge in [0, 0.05) is 46.5 Å². The molecule has 0 radical (unpaired) electrons. The van der Waals surface area contributed by atoms with E-state index in [1.54, 1.807) is 10.9 Å². The molecule has 156 valence electrons. The van der Waals surface area contributed by atoms with Crippen LogP contribution in [0.4, 0.5) is 13.2 Å². The lowest BCUT2D eigenvalue weighted by Crippen LogP contribution is -2.35. The molecule has 0 amide bonds. The van der Waals surface area contributed by atoms with Gasteiger partial charge in [-0.3, -0.25) is 0 Å². The summed E-state index contributed by atoms with van der Waals surface area (Å²) in [5.41, 5.74) is -2.24. The third kappa shape index (κ3) is 3.87. The number of oxime groups is 1. The first kappa shape index (κ1) is 19.9. The average molecular weight is 427 g/mol. The van der Waals surface area contributed by atoms with Crippen LogP contribution < -0.4 is 0 Å². The first-order chi connectivity index (χ1) is 13.8. The van der Waals surface area contributed by atoms with Crippen molar-refractivity contribution in [1.82, 2.24) is 15.0 Å². The normalized spacial score (nSPS) is 29.4. The fraction of sp³-hybridized carbons (Fsp3) is 0.500. The molecular weight excluding hydrogens is 407 g/mol. The van der Waals surface area contributed by atoms with Gasteiger partial charge in [-0.1, -0.05) is 10.4 Å². The van der Waals surface area contributed by atoms with Crippen molar-refractivity contribution in [2.75, 3.05) is 18.6 Å². The van der Waals surface area contributed by atoms with Crippen molar-refractivity contribution < 1.29 is 22.2 Å². The minimum atomic E-state index is -2.49. The molecule has 2 aliphatic heterocycles. The second kappa shape index (κ2) is 7.43. The lowest BCUT2D eigenvalue weighted by molar-refractivity contribution is 0.0693. The lowest BCUT2D eigenvalue weighted by Gasteiger charge is -2.32. The topological polar surface area (TPSA) is 81.7 Å². The van der Waals surface area contributed by atoms with Crippen LogP contribution in [0.1, 0.15) is 30.4 Å². The van der Waals surface area contributed by atoms with Gasteiger partial charge in [0.1, 0.15) is 17.3 Å². The number of nitrogens with zero attached hydrogens (tertiary/aromatic N) is 5. The molecule has 2 aliphatic rings. The second-order valence-corrected chi connectivity index (χ2v) is 9.96. The summed E-state index contributed by atoms with van der Waals surface area (Å²) >= 11 is 0. The minimum absolute atomic E-state index is 0.0227. The summed E-state index contributed by atoms with van der Waals surface area (Å²) < 4.78 is 62.6. The van der Waals surface area contributed by atoms with E-state index in [4.69, 9.17) is 4.84 Å². The van der Waals surface area contributed by atoms with Crippen molar-refractivity contribution in [2.45, 2.75) is 37.6 Å². The van der Waals surface area contributed by atoms with Gasteiger partial charge in [0.25, 0.3) is 0 Å². The van der Waals surface area contributed by atoms with Crippen LogP contribution in [0.15, 0.2) is 34.0 Å². The third-order valence-electron chi connectivity index (χ3n) is 5.39. The maximum atomic E-state index is 15.4. The molecule has 0 aliphatic carbocycles. The van der Waals surface area contributed by atoms with Crippen LogP contribution in [-0.2, 0) is 26.8 Å². The van der Waals surface area contributed by atoms with Gasteiger partial charge in [0.05, 0.1) is 24.0 Å². The summed E-state index contributed by atoms with van der Waals surface area (Å²) in [6, 6.07) is 2.16. The zero-order chi connectivity index (χ0) is 20.6. The number of rotatable bonds is 4. The summed E-state index contributed by atoms with van der Waals surface area (Å²) in [5, 5.41) is 11.5. The molecule has 29 heavy (non-hydrogen) atoms. The summed E-state index contributed by atoms with van der Waals surface area (Å²) in [6.45, 7) is 0.394. The van der Waals surface area contributed by atoms with Crippen molar-refractivity contribution in [1.29, 1.82) is 0 Å². The average Bonchev–Trinajstić information content (AvgIpc) is 3.36. The summed E-state index contributed by atoms with van der Waals surface area (Å²) in [5.74, 6) is -2.01. The maximum absolute atomic E-state index is 15.4. The monoisotopic (exact) mass is 427 g/mol. The number of halogens is 3. The maximum Gasteiger partial charge on any atom is 0.152 e. The predicted molar refractivity (Wildman–Crippen MR) is 101 cm³/mol. The van der Waals surface area contributed by atoms with Crippen LogP contribution in [0.2, 0.25) is 0 Å². The van der Waals surface area contributed by atoms with E-state index in [9.17, 15) is 13.0 Å². The molecular formula is C18H20F3N5O2S. The molecule has 0 N–H and O–H groups in total. The molecule has 2 aromatic rings. The number of aromatic nitrogens is 3. The Morgan fingerprint density at radius 3 is 2.59 bits per heavy atom. The van der Waals surface area contributed by atoms with E-state index in [2.05, 4.69) is 19.8 Å². The third-order valence-corrected chi connectivity index (χ3v) is 7.74. The van der Waals surface area contributed by atoms with Crippen molar-refractivity contribution in [3.63, 3.8) is 0 Å². The highest BCUT2D eigenvalue weighted by Crippen LogP contribution is 2.41. The van der Waals surface area contributed by atoms with Crippen molar-refractivity contribution in [2.24, 2.45) is 9.52 Å². The fourth-order valence-corrected chi connectivity index (χ4v) is 5.56. The molecule has 11 heteroatoms. The van der Waals surface area contributed by atoms with E-state index < -0.39 is 32.6 Å². The van der Waals surface area contributed by atoms with Crippen LogP contribution in [-0.4, -0.2) is 49.6 Å². The van der Waals surface area contributed by atoms with Gasteiger partial charge in [0.2, 0.25) is 0 Å². The molecule has 1 fully saturated rings. The van der Waals surface area contributed by atoms with Gasteiger partial charge in [-0.25, -0.2) is 26.4 Å². The molecule has 7 nitrogen and oxygen atoms in total. The Morgan fingerprint density at radius 1 is 1.31 bits per heavy atom. The quantitative estimate of drug-likeness (QED) is 0.751. The molecule has 0 unspecified atom stereocenters. The predicted octanol–water partition coefficient (Wildman–Crippen LogP) is 2.81. The van der Waals surface area contributed by atoms with Crippen molar-refractivity contribution in [3.05, 3.63) is 47.3 Å². The summed E-state index contributed by atoms with van der Waals surface area (Å²) in [7, 11) is -1.07. The zero-order valence-electron chi connectivity index (χ0n) is 15.7.